The second kappa shape index (κ2) is 13.7. The predicted octanol–water partition coefficient (Wildman–Crippen LogP) is 6.63. The summed E-state index contributed by atoms with van der Waals surface area (Å²) in [4.78, 5) is 30.5. The highest BCUT2D eigenvalue weighted by Crippen LogP contribution is 2.30. The number of hydrogen-bond acceptors (Lipinski definition) is 4. The molecule has 0 saturated heterocycles. The molecule has 1 amide bonds. The van der Waals surface area contributed by atoms with Crippen molar-refractivity contribution in [3.63, 3.8) is 0 Å². The van der Waals surface area contributed by atoms with Gasteiger partial charge in [0.05, 0.1) is 13.0 Å². The van der Waals surface area contributed by atoms with Gasteiger partial charge in [-0.05, 0) is 66.5 Å². The zero-order valence-electron chi connectivity index (χ0n) is 21.8. The number of benzene rings is 2. The van der Waals surface area contributed by atoms with Gasteiger partial charge in [-0.3, -0.25) is 14.6 Å². The number of esters is 1. The van der Waals surface area contributed by atoms with Crippen molar-refractivity contribution in [2.45, 2.75) is 63.8 Å². The number of nitrogens with one attached hydrogen (secondary N) is 1. The Morgan fingerprint density at radius 1 is 0.919 bits per heavy atom. The van der Waals surface area contributed by atoms with Gasteiger partial charge in [0, 0.05) is 24.0 Å². The zero-order chi connectivity index (χ0) is 25.9. The van der Waals surface area contributed by atoms with Crippen molar-refractivity contribution in [2.75, 3.05) is 7.11 Å². The summed E-state index contributed by atoms with van der Waals surface area (Å²) in [6.45, 7) is 0. The summed E-state index contributed by atoms with van der Waals surface area (Å²) in [6, 6.07) is 21.3. The van der Waals surface area contributed by atoms with Crippen molar-refractivity contribution in [2.24, 2.45) is 11.8 Å². The van der Waals surface area contributed by atoms with Crippen molar-refractivity contribution >= 4 is 11.9 Å². The minimum absolute atomic E-state index is 0.164. The summed E-state index contributed by atoms with van der Waals surface area (Å²) in [6.07, 6.45) is 13.1. The first-order valence-corrected chi connectivity index (χ1v) is 13.6. The number of nitrogens with zero attached hydrogens (tertiary/aromatic N) is 1. The number of aromatic nitrogens is 1. The van der Waals surface area contributed by atoms with Crippen LogP contribution in [0.5, 0.6) is 0 Å². The maximum atomic E-state index is 13.4. The average molecular weight is 499 g/mol. The Balaban J connectivity index is 1.49. The van der Waals surface area contributed by atoms with Gasteiger partial charge >= 0.3 is 5.97 Å². The van der Waals surface area contributed by atoms with Crippen LogP contribution in [0.4, 0.5) is 0 Å². The molecular weight excluding hydrogens is 460 g/mol. The molecule has 4 rings (SSSR count). The van der Waals surface area contributed by atoms with E-state index in [1.807, 2.05) is 60.8 Å². The molecule has 1 saturated carbocycles. The van der Waals surface area contributed by atoms with E-state index in [-0.39, 0.29) is 23.8 Å². The molecule has 194 valence electrons. The number of rotatable bonds is 11. The Bertz CT molecular complexity index is 1110. The molecule has 2 atom stereocenters. The number of amides is 1. The molecule has 1 fully saturated rings. The van der Waals surface area contributed by atoms with Crippen LogP contribution >= 0.6 is 0 Å². The van der Waals surface area contributed by atoms with Crippen LogP contribution < -0.4 is 5.32 Å². The summed E-state index contributed by atoms with van der Waals surface area (Å²) < 4.78 is 5.24. The molecule has 1 aliphatic carbocycles. The van der Waals surface area contributed by atoms with Gasteiger partial charge in [-0.2, -0.15) is 0 Å². The molecule has 37 heavy (non-hydrogen) atoms. The van der Waals surface area contributed by atoms with E-state index in [0.717, 1.165) is 30.4 Å². The Morgan fingerprint density at radius 3 is 2.35 bits per heavy atom. The molecule has 2 aromatic carbocycles. The maximum Gasteiger partial charge on any atom is 0.310 e. The molecule has 0 aliphatic heterocycles. The number of pyridine rings is 1. The number of carbonyl (C=O) groups excluding carboxylic acids is 2. The second-order valence-corrected chi connectivity index (χ2v) is 10.1. The SMILES string of the molecule is COC(=O)[C@H](CCC1CCCCC1)C(CCc1ccccc1)NC(=O)c1ccc(-c2cccnc2)cc1. The van der Waals surface area contributed by atoms with E-state index in [1.54, 1.807) is 6.20 Å². The molecule has 1 unspecified atom stereocenters. The number of hydrogen-bond donors (Lipinski definition) is 1. The lowest BCUT2D eigenvalue weighted by molar-refractivity contribution is -0.146. The van der Waals surface area contributed by atoms with Gasteiger partial charge in [0.1, 0.15) is 0 Å². The van der Waals surface area contributed by atoms with Gasteiger partial charge < -0.3 is 10.1 Å². The summed E-state index contributed by atoms with van der Waals surface area (Å²) in [5, 5.41) is 3.21. The number of methoxy groups -OCH3 is 1. The van der Waals surface area contributed by atoms with Crippen LogP contribution in [-0.2, 0) is 16.0 Å². The molecule has 0 radical (unpaired) electrons. The fourth-order valence-corrected chi connectivity index (χ4v) is 5.47. The van der Waals surface area contributed by atoms with Gasteiger partial charge in [-0.1, -0.05) is 80.6 Å². The normalized spacial score (nSPS) is 15.5. The zero-order valence-corrected chi connectivity index (χ0v) is 21.8. The summed E-state index contributed by atoms with van der Waals surface area (Å²) in [5.41, 5.74) is 3.78. The van der Waals surface area contributed by atoms with Crippen LogP contribution in [0.2, 0.25) is 0 Å². The molecule has 5 nitrogen and oxygen atoms in total. The van der Waals surface area contributed by atoms with Crippen LogP contribution in [0, 0.1) is 11.8 Å². The molecule has 1 N–H and O–H groups in total. The van der Waals surface area contributed by atoms with E-state index in [9.17, 15) is 9.59 Å². The molecule has 3 aromatic rings. The van der Waals surface area contributed by atoms with Gasteiger partial charge in [-0.25, -0.2) is 0 Å². The highest BCUT2D eigenvalue weighted by Gasteiger charge is 2.31. The Kier molecular flexibility index (Phi) is 9.87. The highest BCUT2D eigenvalue weighted by atomic mass is 16.5. The Hall–Kier alpha value is -3.47. The highest BCUT2D eigenvalue weighted by molar-refractivity contribution is 5.95. The molecule has 1 aliphatic rings. The lowest BCUT2D eigenvalue weighted by atomic mass is 9.81. The molecule has 0 bridgehead atoms. The van der Waals surface area contributed by atoms with E-state index < -0.39 is 0 Å². The van der Waals surface area contributed by atoms with Crippen LogP contribution in [0.3, 0.4) is 0 Å². The minimum Gasteiger partial charge on any atom is -0.469 e. The lowest BCUT2D eigenvalue weighted by Crippen LogP contribution is -2.44. The van der Waals surface area contributed by atoms with Gasteiger partial charge in [0.15, 0.2) is 0 Å². The van der Waals surface area contributed by atoms with Crippen LogP contribution in [0.15, 0.2) is 79.1 Å². The fourth-order valence-electron chi connectivity index (χ4n) is 5.47. The fraction of sp³-hybridized carbons (Fsp3) is 0.406. The maximum absolute atomic E-state index is 13.4. The predicted molar refractivity (Wildman–Crippen MR) is 147 cm³/mol. The summed E-state index contributed by atoms with van der Waals surface area (Å²) in [7, 11) is 1.45. The Morgan fingerprint density at radius 2 is 1.68 bits per heavy atom. The van der Waals surface area contributed by atoms with Crippen molar-refractivity contribution in [3.05, 3.63) is 90.3 Å². The first-order chi connectivity index (χ1) is 18.1. The quantitative estimate of drug-likeness (QED) is 0.301. The van der Waals surface area contributed by atoms with Crippen molar-refractivity contribution in [3.8, 4) is 11.1 Å². The first kappa shape index (κ1) is 26.6. The lowest BCUT2D eigenvalue weighted by Gasteiger charge is -2.29. The summed E-state index contributed by atoms with van der Waals surface area (Å²) in [5.74, 6) is -0.107. The topological polar surface area (TPSA) is 68.3 Å². The molecule has 5 heteroatoms. The minimum atomic E-state index is -0.366. The van der Waals surface area contributed by atoms with Crippen molar-refractivity contribution < 1.29 is 14.3 Å². The third-order valence-electron chi connectivity index (χ3n) is 7.65. The van der Waals surface area contributed by atoms with Crippen LogP contribution in [0.1, 0.15) is 67.3 Å². The monoisotopic (exact) mass is 498 g/mol. The van der Waals surface area contributed by atoms with Crippen molar-refractivity contribution in [1.29, 1.82) is 0 Å². The summed E-state index contributed by atoms with van der Waals surface area (Å²) >= 11 is 0. The largest absolute Gasteiger partial charge is 0.469 e. The molecule has 0 spiro atoms. The first-order valence-electron chi connectivity index (χ1n) is 13.6. The van der Waals surface area contributed by atoms with E-state index in [1.165, 1.54) is 44.8 Å². The van der Waals surface area contributed by atoms with Crippen LogP contribution in [0.25, 0.3) is 11.1 Å². The smallest absolute Gasteiger partial charge is 0.310 e. The number of carbonyl (C=O) groups is 2. The number of ether oxygens (including phenoxy) is 1. The van der Waals surface area contributed by atoms with Crippen LogP contribution in [-0.4, -0.2) is 30.0 Å². The third-order valence-corrected chi connectivity index (χ3v) is 7.65. The van der Waals surface area contributed by atoms with Gasteiger partial charge in [0.2, 0.25) is 0 Å². The average Bonchev–Trinajstić information content (AvgIpc) is 2.97. The molecular formula is C32H38N2O3. The van der Waals surface area contributed by atoms with E-state index in [2.05, 4.69) is 22.4 Å². The van der Waals surface area contributed by atoms with Gasteiger partial charge in [0.25, 0.3) is 5.91 Å². The van der Waals surface area contributed by atoms with E-state index in [4.69, 9.17) is 4.74 Å². The van der Waals surface area contributed by atoms with Gasteiger partial charge in [-0.15, -0.1) is 0 Å². The second-order valence-electron chi connectivity index (χ2n) is 10.1. The van der Waals surface area contributed by atoms with E-state index >= 15 is 0 Å². The molecule has 1 aromatic heterocycles. The number of aryl methyl sites for hydroxylation is 1. The standard InChI is InChI=1S/C32H38N2O3/c1-37-32(36)29(20-14-24-9-4-2-5-10-24)30(21-15-25-11-6-3-7-12-25)34-31(35)27-18-16-26(17-19-27)28-13-8-22-33-23-28/h3,6-8,11-13,16-19,22-24,29-30H,2,4-5,9-10,14-15,20-21H2,1H3,(H,34,35)/t29-,30?/m1/s1. The van der Waals surface area contributed by atoms with Crippen molar-refractivity contribution in [1.82, 2.24) is 10.3 Å². The third kappa shape index (κ3) is 7.75. The van der Waals surface area contributed by atoms with E-state index in [0.29, 0.717) is 17.9 Å². The molecule has 1 heterocycles. The Labute approximate surface area is 220 Å².